The lowest BCUT2D eigenvalue weighted by molar-refractivity contribution is 0.0548. The highest BCUT2D eigenvalue weighted by Gasteiger charge is 2.43. The summed E-state index contributed by atoms with van der Waals surface area (Å²) >= 11 is 0. The molecule has 1 atom stereocenters. The van der Waals surface area contributed by atoms with Crippen molar-refractivity contribution in [2.45, 2.75) is 43.7 Å². The van der Waals surface area contributed by atoms with Crippen molar-refractivity contribution in [3.05, 3.63) is 35.4 Å². The van der Waals surface area contributed by atoms with Crippen LogP contribution in [0.5, 0.6) is 0 Å². The van der Waals surface area contributed by atoms with Gasteiger partial charge >= 0.3 is 0 Å². The van der Waals surface area contributed by atoms with Gasteiger partial charge in [0.05, 0.1) is 6.04 Å². The van der Waals surface area contributed by atoms with Crippen LogP contribution in [0.2, 0.25) is 0 Å². The molecule has 0 spiro atoms. The Hall–Kier alpha value is -1.04. The Bertz CT molecular complexity index is 456. The number of nitrogens with zero attached hydrogens (tertiary/aromatic N) is 1. The minimum Gasteiger partial charge on any atom is -0.302 e. The van der Waals surface area contributed by atoms with Gasteiger partial charge in [-0.25, -0.2) is 8.78 Å². The minimum atomic E-state index is -0.826. The van der Waals surface area contributed by atoms with Crippen LogP contribution in [-0.4, -0.2) is 24.5 Å². The van der Waals surface area contributed by atoms with Crippen LogP contribution >= 0.6 is 0 Å². The van der Waals surface area contributed by atoms with E-state index in [1.54, 1.807) is 6.07 Å². The summed E-state index contributed by atoms with van der Waals surface area (Å²) in [5.41, 5.74) is 2.76. The van der Waals surface area contributed by atoms with Gasteiger partial charge in [-0.2, -0.15) is 0 Å². The Balaban J connectivity index is 2.45. The lowest BCUT2D eigenvalue weighted by Gasteiger charge is -2.48. The van der Waals surface area contributed by atoms with E-state index in [1.807, 2.05) is 14.1 Å². The van der Waals surface area contributed by atoms with E-state index in [0.717, 1.165) is 31.7 Å². The van der Waals surface area contributed by atoms with Crippen molar-refractivity contribution in [2.75, 3.05) is 14.1 Å². The van der Waals surface area contributed by atoms with E-state index in [4.69, 9.17) is 5.84 Å². The standard InChI is InChI=1S/C15H23F2N3/c1-20(2)15(9-4-3-5-10-15)14(19-18)11-7-6-8-12(16)13(11)17/h6-8,14,19H,3-5,9-10,18H2,1-2H3. The summed E-state index contributed by atoms with van der Waals surface area (Å²) in [5.74, 6) is 4.08. The van der Waals surface area contributed by atoms with Crippen molar-refractivity contribution in [3.8, 4) is 0 Å². The molecule has 0 bridgehead atoms. The summed E-state index contributed by atoms with van der Waals surface area (Å²) in [6.07, 6.45) is 5.18. The van der Waals surface area contributed by atoms with E-state index >= 15 is 0 Å². The highest BCUT2D eigenvalue weighted by atomic mass is 19.2. The van der Waals surface area contributed by atoms with E-state index < -0.39 is 17.7 Å². The largest absolute Gasteiger partial charge is 0.302 e. The predicted molar refractivity (Wildman–Crippen MR) is 75.9 cm³/mol. The van der Waals surface area contributed by atoms with Crippen molar-refractivity contribution in [2.24, 2.45) is 5.84 Å². The average Bonchev–Trinajstić information content (AvgIpc) is 2.45. The average molecular weight is 283 g/mol. The molecule has 112 valence electrons. The first-order valence-corrected chi connectivity index (χ1v) is 7.10. The van der Waals surface area contributed by atoms with Gasteiger partial charge in [0.1, 0.15) is 0 Å². The van der Waals surface area contributed by atoms with Gasteiger partial charge in [0.15, 0.2) is 11.6 Å². The van der Waals surface area contributed by atoms with E-state index in [2.05, 4.69) is 10.3 Å². The number of benzene rings is 1. The molecule has 1 unspecified atom stereocenters. The molecule has 5 heteroatoms. The zero-order valence-corrected chi connectivity index (χ0v) is 12.1. The molecule has 1 aromatic rings. The Kier molecular flexibility index (Phi) is 4.73. The predicted octanol–water partition coefficient (Wildman–Crippen LogP) is 2.73. The van der Waals surface area contributed by atoms with Crippen LogP contribution in [0.4, 0.5) is 8.78 Å². The second-order valence-electron chi connectivity index (χ2n) is 5.80. The van der Waals surface area contributed by atoms with Gasteiger partial charge < -0.3 is 4.90 Å². The normalized spacial score (nSPS) is 20.1. The second kappa shape index (κ2) is 6.16. The molecule has 0 amide bonds. The Morgan fingerprint density at radius 3 is 2.40 bits per heavy atom. The molecule has 0 saturated heterocycles. The highest BCUT2D eigenvalue weighted by molar-refractivity contribution is 5.26. The molecular weight excluding hydrogens is 260 g/mol. The van der Waals surface area contributed by atoms with Crippen molar-refractivity contribution in [3.63, 3.8) is 0 Å². The van der Waals surface area contributed by atoms with E-state index in [-0.39, 0.29) is 5.54 Å². The number of hydrogen-bond acceptors (Lipinski definition) is 3. The maximum absolute atomic E-state index is 14.1. The van der Waals surface area contributed by atoms with Gasteiger partial charge in [-0.3, -0.25) is 11.3 Å². The van der Waals surface area contributed by atoms with E-state index in [9.17, 15) is 8.78 Å². The van der Waals surface area contributed by atoms with Crippen LogP contribution in [0.15, 0.2) is 18.2 Å². The molecule has 1 fully saturated rings. The summed E-state index contributed by atoms with van der Waals surface area (Å²) in [7, 11) is 3.96. The van der Waals surface area contributed by atoms with Crippen LogP contribution < -0.4 is 11.3 Å². The number of hydrogen-bond donors (Lipinski definition) is 2. The Morgan fingerprint density at radius 2 is 1.85 bits per heavy atom. The van der Waals surface area contributed by atoms with Crippen LogP contribution in [0.1, 0.15) is 43.7 Å². The van der Waals surface area contributed by atoms with E-state index in [0.29, 0.717) is 5.56 Å². The van der Waals surface area contributed by atoms with Crippen LogP contribution in [0.3, 0.4) is 0 Å². The van der Waals surface area contributed by atoms with Gasteiger partial charge in [-0.1, -0.05) is 31.4 Å². The first-order chi connectivity index (χ1) is 9.53. The molecule has 0 radical (unpaired) electrons. The lowest BCUT2D eigenvalue weighted by atomic mass is 9.73. The molecule has 3 N–H and O–H groups in total. The fourth-order valence-corrected chi connectivity index (χ4v) is 3.44. The van der Waals surface area contributed by atoms with Crippen molar-refractivity contribution in [1.29, 1.82) is 0 Å². The lowest BCUT2D eigenvalue weighted by Crippen LogP contribution is -2.56. The van der Waals surface area contributed by atoms with Gasteiger partial charge in [0.25, 0.3) is 0 Å². The SMILES string of the molecule is CN(C)C1(C(NN)c2cccc(F)c2F)CCCCC1. The zero-order chi connectivity index (χ0) is 14.8. The van der Waals surface area contributed by atoms with Gasteiger partial charge in [0.2, 0.25) is 0 Å². The quantitative estimate of drug-likeness (QED) is 0.659. The number of hydrazine groups is 1. The summed E-state index contributed by atoms with van der Waals surface area (Å²) in [4.78, 5) is 2.10. The molecule has 0 aromatic heterocycles. The first kappa shape index (κ1) is 15.4. The number of halogens is 2. The third-order valence-corrected chi connectivity index (χ3v) is 4.61. The number of likely N-dealkylation sites (N-methyl/N-ethyl adjacent to an activating group) is 1. The molecule has 0 aliphatic heterocycles. The third kappa shape index (κ3) is 2.57. The summed E-state index contributed by atoms with van der Waals surface area (Å²) in [6, 6.07) is 3.86. The second-order valence-corrected chi connectivity index (χ2v) is 5.80. The van der Waals surface area contributed by atoms with E-state index in [1.165, 1.54) is 12.5 Å². The summed E-state index contributed by atoms with van der Waals surface area (Å²) in [5, 5.41) is 0. The van der Waals surface area contributed by atoms with Gasteiger partial charge in [-0.05, 0) is 33.0 Å². The zero-order valence-electron chi connectivity index (χ0n) is 12.1. The molecule has 3 nitrogen and oxygen atoms in total. The third-order valence-electron chi connectivity index (χ3n) is 4.61. The number of rotatable bonds is 4. The van der Waals surface area contributed by atoms with Crippen molar-refractivity contribution < 1.29 is 8.78 Å². The molecule has 1 saturated carbocycles. The Morgan fingerprint density at radius 1 is 1.20 bits per heavy atom. The number of nitrogens with one attached hydrogen (secondary N) is 1. The van der Waals surface area contributed by atoms with Crippen LogP contribution in [0.25, 0.3) is 0 Å². The van der Waals surface area contributed by atoms with Crippen LogP contribution in [0, 0.1) is 11.6 Å². The summed E-state index contributed by atoms with van der Waals surface area (Å²) < 4.78 is 27.6. The first-order valence-electron chi connectivity index (χ1n) is 7.10. The monoisotopic (exact) mass is 283 g/mol. The van der Waals surface area contributed by atoms with Crippen molar-refractivity contribution >= 4 is 0 Å². The van der Waals surface area contributed by atoms with Gasteiger partial charge in [-0.15, -0.1) is 0 Å². The maximum Gasteiger partial charge on any atom is 0.163 e. The number of nitrogens with two attached hydrogens (primary N) is 1. The molecular formula is C15H23F2N3. The maximum atomic E-state index is 14.1. The topological polar surface area (TPSA) is 41.3 Å². The Labute approximate surface area is 119 Å². The molecule has 1 aliphatic carbocycles. The molecule has 0 heterocycles. The fourth-order valence-electron chi connectivity index (χ4n) is 3.44. The fraction of sp³-hybridized carbons (Fsp3) is 0.600. The smallest absolute Gasteiger partial charge is 0.163 e. The molecule has 20 heavy (non-hydrogen) atoms. The summed E-state index contributed by atoms with van der Waals surface area (Å²) in [6.45, 7) is 0. The highest BCUT2D eigenvalue weighted by Crippen LogP contribution is 2.42. The van der Waals surface area contributed by atoms with Crippen LogP contribution in [-0.2, 0) is 0 Å². The van der Waals surface area contributed by atoms with Gasteiger partial charge in [0, 0.05) is 11.1 Å². The molecule has 2 rings (SSSR count). The molecule has 1 aliphatic rings. The molecule has 1 aromatic carbocycles. The van der Waals surface area contributed by atoms with Crippen molar-refractivity contribution in [1.82, 2.24) is 10.3 Å². The minimum absolute atomic E-state index is 0.276.